The fourth-order valence-corrected chi connectivity index (χ4v) is 3.13. The number of fused-ring (bicyclic) bond motifs is 1. The van der Waals surface area contributed by atoms with Crippen LogP contribution >= 0.6 is 11.6 Å². The fraction of sp³-hybridized carbons (Fsp3) is 0.273. The van der Waals surface area contributed by atoms with E-state index in [2.05, 4.69) is 5.32 Å². The molecular formula is C22H22ClNO6. The quantitative estimate of drug-likeness (QED) is 0.569. The van der Waals surface area contributed by atoms with E-state index >= 15 is 0 Å². The Hall–Kier alpha value is -2.87. The average molecular weight is 432 g/mol. The summed E-state index contributed by atoms with van der Waals surface area (Å²) in [6.07, 6.45) is -0.785. The number of hydrogen-bond acceptors (Lipinski definition) is 6. The number of hydrogen-bond donors (Lipinski definition) is 2. The lowest BCUT2D eigenvalue weighted by Crippen LogP contribution is -2.36. The standard InChI is InChI=1S/C22H22ClNO6/c1-13-21(14-3-5-15(23)6-4-14)22(27)18-8-7-17(9-19(18)30-13)29-12-20(26)24-10-16(25)11-28-2/h3-9,16,25H,10-12H2,1-2H3,(H,24,26)/t16-/m1/s1. The second-order valence-electron chi connectivity index (χ2n) is 6.73. The van der Waals surface area contributed by atoms with Gasteiger partial charge in [-0.05, 0) is 36.8 Å². The molecule has 1 atom stereocenters. The molecule has 0 radical (unpaired) electrons. The van der Waals surface area contributed by atoms with Crippen LogP contribution in [0.3, 0.4) is 0 Å². The van der Waals surface area contributed by atoms with Gasteiger partial charge in [0.05, 0.1) is 23.7 Å². The third-order valence-electron chi connectivity index (χ3n) is 4.44. The molecule has 0 spiro atoms. The lowest BCUT2D eigenvalue weighted by Gasteiger charge is -2.12. The summed E-state index contributed by atoms with van der Waals surface area (Å²) in [4.78, 5) is 24.8. The van der Waals surface area contributed by atoms with Crippen LogP contribution in [0, 0.1) is 6.92 Å². The molecule has 7 nitrogen and oxygen atoms in total. The molecule has 3 aromatic rings. The van der Waals surface area contributed by atoms with Crippen molar-refractivity contribution in [3.05, 3.63) is 63.5 Å². The van der Waals surface area contributed by atoms with Gasteiger partial charge in [0.2, 0.25) is 5.43 Å². The second kappa shape index (κ2) is 9.75. The second-order valence-corrected chi connectivity index (χ2v) is 7.17. The van der Waals surface area contributed by atoms with Crippen molar-refractivity contribution >= 4 is 28.5 Å². The van der Waals surface area contributed by atoms with E-state index in [1.165, 1.54) is 7.11 Å². The van der Waals surface area contributed by atoms with Gasteiger partial charge in [-0.15, -0.1) is 0 Å². The maximum absolute atomic E-state index is 13.0. The number of aryl methyl sites for hydroxylation is 1. The molecule has 158 valence electrons. The van der Waals surface area contributed by atoms with Crippen LogP contribution in [0.4, 0.5) is 0 Å². The zero-order chi connectivity index (χ0) is 21.7. The number of carbonyl (C=O) groups excluding carboxylic acids is 1. The van der Waals surface area contributed by atoms with Crippen LogP contribution in [-0.2, 0) is 9.53 Å². The number of amides is 1. The van der Waals surface area contributed by atoms with E-state index < -0.39 is 6.10 Å². The number of benzene rings is 2. The molecule has 0 saturated carbocycles. The smallest absolute Gasteiger partial charge is 0.258 e. The Kier molecular flexibility index (Phi) is 7.10. The summed E-state index contributed by atoms with van der Waals surface area (Å²) in [5.74, 6) is 0.467. The Morgan fingerprint density at radius 1 is 1.23 bits per heavy atom. The van der Waals surface area contributed by atoms with Crippen LogP contribution in [0.2, 0.25) is 5.02 Å². The highest BCUT2D eigenvalue weighted by Crippen LogP contribution is 2.27. The Morgan fingerprint density at radius 2 is 1.97 bits per heavy atom. The number of halogens is 1. The first-order valence-corrected chi connectivity index (χ1v) is 9.66. The first kappa shape index (κ1) is 21.8. The molecule has 0 aliphatic heterocycles. The van der Waals surface area contributed by atoms with Crippen molar-refractivity contribution in [1.82, 2.24) is 5.32 Å². The summed E-state index contributed by atoms with van der Waals surface area (Å²) in [6.45, 7) is 1.67. The van der Waals surface area contributed by atoms with Crippen molar-refractivity contribution in [2.75, 3.05) is 26.9 Å². The van der Waals surface area contributed by atoms with Gasteiger partial charge in [0.25, 0.3) is 5.91 Å². The van der Waals surface area contributed by atoms with Gasteiger partial charge in [0.15, 0.2) is 6.61 Å². The van der Waals surface area contributed by atoms with E-state index in [9.17, 15) is 14.7 Å². The summed E-state index contributed by atoms with van der Waals surface area (Å²) in [6, 6.07) is 11.8. The van der Waals surface area contributed by atoms with Crippen LogP contribution in [0.25, 0.3) is 22.1 Å². The normalized spacial score (nSPS) is 12.0. The molecule has 1 amide bonds. The number of aliphatic hydroxyl groups excluding tert-OH is 1. The van der Waals surface area contributed by atoms with Crippen molar-refractivity contribution in [2.45, 2.75) is 13.0 Å². The molecular weight excluding hydrogens is 410 g/mol. The average Bonchev–Trinajstić information content (AvgIpc) is 2.72. The van der Waals surface area contributed by atoms with Crippen molar-refractivity contribution in [3.8, 4) is 16.9 Å². The zero-order valence-electron chi connectivity index (χ0n) is 16.6. The monoisotopic (exact) mass is 431 g/mol. The van der Waals surface area contributed by atoms with Crippen LogP contribution < -0.4 is 15.5 Å². The highest BCUT2D eigenvalue weighted by molar-refractivity contribution is 6.30. The van der Waals surface area contributed by atoms with E-state index in [1.807, 2.05) is 0 Å². The molecule has 3 rings (SSSR count). The molecule has 0 saturated heterocycles. The van der Waals surface area contributed by atoms with Gasteiger partial charge in [-0.3, -0.25) is 9.59 Å². The van der Waals surface area contributed by atoms with Crippen molar-refractivity contribution in [3.63, 3.8) is 0 Å². The molecule has 1 heterocycles. The minimum Gasteiger partial charge on any atom is -0.484 e. The number of ether oxygens (including phenoxy) is 2. The van der Waals surface area contributed by atoms with Crippen LogP contribution in [0.5, 0.6) is 5.75 Å². The van der Waals surface area contributed by atoms with E-state index in [1.54, 1.807) is 49.4 Å². The molecule has 0 unspecified atom stereocenters. The number of aliphatic hydroxyl groups is 1. The Labute approximate surface area is 178 Å². The molecule has 8 heteroatoms. The van der Waals surface area contributed by atoms with Gasteiger partial charge in [-0.2, -0.15) is 0 Å². The first-order valence-electron chi connectivity index (χ1n) is 9.29. The lowest BCUT2D eigenvalue weighted by atomic mass is 10.0. The van der Waals surface area contributed by atoms with Crippen molar-refractivity contribution < 1.29 is 23.8 Å². The van der Waals surface area contributed by atoms with Gasteiger partial charge in [0.1, 0.15) is 17.1 Å². The molecule has 1 aromatic heterocycles. The van der Waals surface area contributed by atoms with Crippen LogP contribution in [-0.4, -0.2) is 44.0 Å². The molecule has 2 aromatic carbocycles. The SMILES string of the molecule is COC[C@H](O)CNC(=O)COc1ccc2c(=O)c(-c3ccc(Cl)cc3)c(C)oc2c1. The number of rotatable bonds is 8. The third kappa shape index (κ3) is 5.18. The number of nitrogens with one attached hydrogen (secondary N) is 1. The maximum Gasteiger partial charge on any atom is 0.258 e. The first-order chi connectivity index (χ1) is 14.4. The van der Waals surface area contributed by atoms with Gasteiger partial charge in [0, 0.05) is 24.7 Å². The predicted molar refractivity (Wildman–Crippen MR) is 114 cm³/mol. The van der Waals surface area contributed by atoms with Gasteiger partial charge >= 0.3 is 0 Å². The Bertz CT molecular complexity index is 1090. The minimum absolute atomic E-state index is 0.0648. The lowest BCUT2D eigenvalue weighted by molar-refractivity contribution is -0.123. The summed E-state index contributed by atoms with van der Waals surface area (Å²) < 4.78 is 16.1. The molecule has 0 bridgehead atoms. The molecule has 0 aliphatic rings. The number of methoxy groups -OCH3 is 1. The largest absolute Gasteiger partial charge is 0.484 e. The molecule has 0 aliphatic carbocycles. The summed E-state index contributed by atoms with van der Waals surface area (Å²) >= 11 is 5.93. The predicted octanol–water partition coefficient (Wildman–Crippen LogP) is 2.92. The highest BCUT2D eigenvalue weighted by atomic mass is 35.5. The summed E-state index contributed by atoms with van der Waals surface area (Å²) in [7, 11) is 1.46. The van der Waals surface area contributed by atoms with Crippen molar-refractivity contribution in [1.29, 1.82) is 0 Å². The Balaban J connectivity index is 1.75. The Morgan fingerprint density at radius 3 is 2.67 bits per heavy atom. The number of carbonyl (C=O) groups is 1. The zero-order valence-corrected chi connectivity index (χ0v) is 17.4. The van der Waals surface area contributed by atoms with E-state index in [0.29, 0.717) is 33.1 Å². The molecule has 2 N–H and O–H groups in total. The van der Waals surface area contributed by atoms with Crippen LogP contribution in [0.15, 0.2) is 51.7 Å². The van der Waals surface area contributed by atoms with Gasteiger partial charge in [-0.25, -0.2) is 0 Å². The minimum atomic E-state index is -0.785. The highest BCUT2D eigenvalue weighted by Gasteiger charge is 2.15. The van der Waals surface area contributed by atoms with E-state index in [0.717, 1.165) is 5.56 Å². The topological polar surface area (TPSA) is 98.0 Å². The fourth-order valence-electron chi connectivity index (χ4n) is 3.01. The summed E-state index contributed by atoms with van der Waals surface area (Å²) in [5, 5.41) is 13.1. The van der Waals surface area contributed by atoms with Crippen molar-refractivity contribution in [2.24, 2.45) is 0 Å². The van der Waals surface area contributed by atoms with E-state index in [4.69, 9.17) is 25.5 Å². The maximum atomic E-state index is 13.0. The van der Waals surface area contributed by atoms with Crippen LogP contribution in [0.1, 0.15) is 5.76 Å². The van der Waals surface area contributed by atoms with E-state index in [-0.39, 0.29) is 31.1 Å². The molecule has 30 heavy (non-hydrogen) atoms. The van der Waals surface area contributed by atoms with Gasteiger partial charge < -0.3 is 24.3 Å². The molecule has 0 fully saturated rings. The summed E-state index contributed by atoms with van der Waals surface area (Å²) in [5.41, 5.74) is 1.40. The van der Waals surface area contributed by atoms with Gasteiger partial charge in [-0.1, -0.05) is 23.7 Å². The third-order valence-corrected chi connectivity index (χ3v) is 4.69.